The number of oxime groups is 1. The average molecular weight is 404 g/mol. The molecule has 0 aromatic heterocycles. The van der Waals surface area contributed by atoms with Crippen molar-refractivity contribution in [2.75, 3.05) is 13.1 Å². The normalized spacial score (nSPS) is 25.7. The van der Waals surface area contributed by atoms with Gasteiger partial charge in [0.15, 0.2) is 5.78 Å². The van der Waals surface area contributed by atoms with Gasteiger partial charge in [-0.3, -0.25) is 9.59 Å². The molecule has 5 rings (SSSR count). The van der Waals surface area contributed by atoms with Gasteiger partial charge in [-0.2, -0.15) is 0 Å². The Bertz CT molecular complexity index is 988. The molecule has 154 valence electrons. The number of rotatable bonds is 3. The summed E-state index contributed by atoms with van der Waals surface area (Å²) in [4.78, 5) is 33.0. The monoisotopic (exact) mass is 404 g/mol. The highest BCUT2D eigenvalue weighted by atomic mass is 16.6. The van der Waals surface area contributed by atoms with Crippen molar-refractivity contribution in [2.45, 2.75) is 37.9 Å². The number of ether oxygens (including phenoxy) is 1. The number of carbonyl (C=O) groups excluding carboxylic acids is 2. The Morgan fingerprint density at radius 2 is 1.83 bits per heavy atom. The summed E-state index contributed by atoms with van der Waals surface area (Å²) in [5.41, 5.74) is 2.44. The molecule has 0 spiro atoms. The summed E-state index contributed by atoms with van der Waals surface area (Å²) in [6, 6.07) is 17.2. The number of Topliss-reactive ketones (excluding diaryl/α,β-unsaturated/α-hetero) is 1. The fourth-order valence-corrected chi connectivity index (χ4v) is 4.59. The molecule has 1 fully saturated rings. The number of hydrogen-bond donors (Lipinski definition) is 0. The van der Waals surface area contributed by atoms with Crippen LogP contribution in [0.25, 0.3) is 0 Å². The first kappa shape index (κ1) is 18.9. The van der Waals surface area contributed by atoms with Gasteiger partial charge in [0.2, 0.25) is 6.10 Å². The number of hydrogen-bond acceptors (Lipinski definition) is 5. The summed E-state index contributed by atoms with van der Waals surface area (Å²) in [6.45, 7) is 1.28. The Morgan fingerprint density at radius 3 is 2.70 bits per heavy atom. The molecular formula is C24H24N2O4. The van der Waals surface area contributed by atoms with Crippen LogP contribution in [0.4, 0.5) is 0 Å². The van der Waals surface area contributed by atoms with Gasteiger partial charge in [-0.25, -0.2) is 0 Å². The maximum Gasteiger partial charge on any atom is 0.266 e. The van der Waals surface area contributed by atoms with E-state index < -0.39 is 6.10 Å². The summed E-state index contributed by atoms with van der Waals surface area (Å²) in [5, 5.41) is 4.15. The van der Waals surface area contributed by atoms with E-state index in [1.807, 2.05) is 59.5 Å². The van der Waals surface area contributed by atoms with Crippen LogP contribution in [0, 0.1) is 5.92 Å². The highest BCUT2D eigenvalue weighted by Gasteiger charge is 2.39. The lowest BCUT2D eigenvalue weighted by Gasteiger charge is -2.38. The molecule has 2 aromatic rings. The second-order valence-corrected chi connectivity index (χ2v) is 8.17. The molecule has 30 heavy (non-hydrogen) atoms. The van der Waals surface area contributed by atoms with Gasteiger partial charge in [-0.15, -0.1) is 0 Å². The number of para-hydroxylation sites is 1. The van der Waals surface area contributed by atoms with E-state index in [0.29, 0.717) is 37.2 Å². The van der Waals surface area contributed by atoms with E-state index in [9.17, 15) is 9.59 Å². The number of benzene rings is 2. The second kappa shape index (κ2) is 7.94. The van der Waals surface area contributed by atoms with Crippen molar-refractivity contribution in [1.29, 1.82) is 0 Å². The van der Waals surface area contributed by atoms with Crippen molar-refractivity contribution < 1.29 is 19.2 Å². The first-order chi connectivity index (χ1) is 14.7. The summed E-state index contributed by atoms with van der Waals surface area (Å²) in [6.07, 6.45) is 1.92. The molecule has 0 saturated carbocycles. The molecule has 6 nitrogen and oxygen atoms in total. The minimum atomic E-state index is -0.575. The first-order valence-corrected chi connectivity index (χ1v) is 10.5. The van der Waals surface area contributed by atoms with E-state index in [1.165, 1.54) is 0 Å². The topological polar surface area (TPSA) is 68.2 Å². The fourth-order valence-electron chi connectivity index (χ4n) is 4.59. The molecule has 1 amide bonds. The minimum absolute atomic E-state index is 0.0306. The molecule has 2 aromatic carbocycles. The summed E-state index contributed by atoms with van der Waals surface area (Å²) in [7, 11) is 0. The lowest BCUT2D eigenvalue weighted by atomic mass is 9.86. The molecule has 1 saturated heterocycles. The Morgan fingerprint density at radius 1 is 1.03 bits per heavy atom. The van der Waals surface area contributed by atoms with Gasteiger partial charge in [-0.1, -0.05) is 47.6 Å². The Labute approximate surface area is 175 Å². The van der Waals surface area contributed by atoms with Crippen molar-refractivity contribution in [3.8, 4) is 5.75 Å². The van der Waals surface area contributed by atoms with Crippen LogP contribution in [0.1, 0.15) is 41.6 Å². The SMILES string of the molecule is O=C1C[C@H]([C@H]2CCCN(C(=O)[C@H]3CC(c4ccccc4)=NO3)C2)Oc2ccccc21. The molecule has 0 aliphatic carbocycles. The lowest BCUT2D eigenvalue weighted by molar-refractivity contribution is -0.144. The standard InChI is InChI=1S/C24H24N2O4/c27-20-14-22(29-21-11-5-4-10-18(20)21)17-9-6-12-26(15-17)24(28)23-13-19(25-30-23)16-7-2-1-3-8-16/h1-5,7-8,10-11,17,22-23H,6,9,12-15H2/t17-,22+,23+/m0/s1. The van der Waals surface area contributed by atoms with Crippen molar-refractivity contribution in [3.05, 3.63) is 65.7 Å². The third-order valence-corrected chi connectivity index (χ3v) is 6.20. The summed E-state index contributed by atoms with van der Waals surface area (Å²) in [5.74, 6) is 0.875. The minimum Gasteiger partial charge on any atom is -0.489 e. The zero-order valence-corrected chi connectivity index (χ0v) is 16.7. The van der Waals surface area contributed by atoms with E-state index in [1.54, 1.807) is 0 Å². The molecule has 3 aliphatic heterocycles. The largest absolute Gasteiger partial charge is 0.489 e. The van der Waals surface area contributed by atoms with Crippen LogP contribution in [0.2, 0.25) is 0 Å². The van der Waals surface area contributed by atoms with E-state index in [-0.39, 0.29) is 23.7 Å². The number of amides is 1. The number of carbonyl (C=O) groups is 2. The molecule has 6 heteroatoms. The first-order valence-electron chi connectivity index (χ1n) is 10.5. The van der Waals surface area contributed by atoms with Crippen LogP contribution in [0.15, 0.2) is 59.8 Å². The molecule has 0 N–H and O–H groups in total. The quantitative estimate of drug-likeness (QED) is 0.786. The highest BCUT2D eigenvalue weighted by molar-refractivity contribution is 6.04. The number of piperidine rings is 1. The van der Waals surface area contributed by atoms with E-state index >= 15 is 0 Å². The van der Waals surface area contributed by atoms with Crippen molar-refractivity contribution in [3.63, 3.8) is 0 Å². The number of nitrogens with zero attached hydrogens (tertiary/aromatic N) is 2. The maximum atomic E-state index is 13.1. The molecule has 0 bridgehead atoms. The number of likely N-dealkylation sites (tertiary alicyclic amines) is 1. The molecule has 3 aliphatic rings. The Hall–Kier alpha value is -3.15. The Kier molecular flexibility index (Phi) is 4.99. The predicted molar refractivity (Wildman–Crippen MR) is 112 cm³/mol. The Balaban J connectivity index is 1.23. The average Bonchev–Trinajstić information content (AvgIpc) is 3.30. The third-order valence-electron chi connectivity index (χ3n) is 6.20. The zero-order chi connectivity index (χ0) is 20.5. The van der Waals surface area contributed by atoms with E-state index in [0.717, 1.165) is 24.1 Å². The summed E-state index contributed by atoms with van der Waals surface area (Å²) < 4.78 is 6.16. The van der Waals surface area contributed by atoms with Gasteiger partial charge < -0.3 is 14.5 Å². The fraction of sp³-hybridized carbons (Fsp3) is 0.375. The molecule has 3 heterocycles. The van der Waals surface area contributed by atoms with Gasteiger partial charge in [0.25, 0.3) is 5.91 Å². The lowest BCUT2D eigenvalue weighted by Crippen LogP contribution is -2.49. The van der Waals surface area contributed by atoms with Gasteiger partial charge in [0.1, 0.15) is 11.9 Å². The molecular weight excluding hydrogens is 380 g/mol. The second-order valence-electron chi connectivity index (χ2n) is 8.17. The van der Waals surface area contributed by atoms with Gasteiger partial charge in [0, 0.05) is 31.8 Å². The molecule has 0 radical (unpaired) electrons. The number of fused-ring (bicyclic) bond motifs is 1. The smallest absolute Gasteiger partial charge is 0.266 e. The predicted octanol–water partition coefficient (Wildman–Crippen LogP) is 3.45. The van der Waals surface area contributed by atoms with Crippen LogP contribution in [-0.4, -0.2) is 47.6 Å². The van der Waals surface area contributed by atoms with Crippen LogP contribution < -0.4 is 4.74 Å². The molecule has 3 atom stereocenters. The third kappa shape index (κ3) is 3.58. The van der Waals surface area contributed by atoms with Crippen LogP contribution in [0.3, 0.4) is 0 Å². The zero-order valence-electron chi connectivity index (χ0n) is 16.7. The number of ketones is 1. The van der Waals surface area contributed by atoms with Crippen LogP contribution in [0.5, 0.6) is 5.75 Å². The van der Waals surface area contributed by atoms with Crippen LogP contribution in [-0.2, 0) is 9.63 Å². The van der Waals surface area contributed by atoms with Crippen molar-refractivity contribution in [2.24, 2.45) is 11.1 Å². The van der Waals surface area contributed by atoms with Crippen LogP contribution >= 0.6 is 0 Å². The van der Waals surface area contributed by atoms with Crippen molar-refractivity contribution >= 4 is 17.4 Å². The van der Waals surface area contributed by atoms with E-state index in [4.69, 9.17) is 9.57 Å². The van der Waals surface area contributed by atoms with Gasteiger partial charge in [-0.05, 0) is 30.5 Å². The summed E-state index contributed by atoms with van der Waals surface area (Å²) >= 11 is 0. The highest BCUT2D eigenvalue weighted by Crippen LogP contribution is 2.33. The van der Waals surface area contributed by atoms with Gasteiger partial charge in [0.05, 0.1) is 11.3 Å². The van der Waals surface area contributed by atoms with Gasteiger partial charge >= 0.3 is 0 Å². The molecule has 0 unspecified atom stereocenters. The van der Waals surface area contributed by atoms with E-state index in [2.05, 4.69) is 5.16 Å². The maximum absolute atomic E-state index is 13.1. The van der Waals surface area contributed by atoms with Crippen molar-refractivity contribution in [1.82, 2.24) is 4.90 Å².